The van der Waals surface area contributed by atoms with Crippen molar-refractivity contribution in [3.8, 4) is 0 Å². The van der Waals surface area contributed by atoms with Crippen LogP contribution in [0, 0.1) is 11.8 Å². The second kappa shape index (κ2) is 6.66. The summed E-state index contributed by atoms with van der Waals surface area (Å²) >= 11 is 0. The molecule has 0 aromatic heterocycles. The molecule has 1 aliphatic rings. The lowest BCUT2D eigenvalue weighted by Gasteiger charge is -2.23. The van der Waals surface area contributed by atoms with Crippen molar-refractivity contribution in [2.45, 2.75) is 32.1 Å². The van der Waals surface area contributed by atoms with Crippen molar-refractivity contribution < 1.29 is 19.4 Å². The van der Waals surface area contributed by atoms with Gasteiger partial charge in [-0.2, -0.15) is 0 Å². The highest BCUT2D eigenvalue weighted by molar-refractivity contribution is 5.96. The molecule has 1 aliphatic heterocycles. The van der Waals surface area contributed by atoms with E-state index in [4.69, 9.17) is 9.84 Å². The van der Waals surface area contributed by atoms with Crippen molar-refractivity contribution in [2.75, 3.05) is 6.61 Å². The predicted molar refractivity (Wildman–Crippen MR) is 73.9 cm³/mol. The third kappa shape index (κ3) is 3.07. The number of rotatable bonds is 6. The van der Waals surface area contributed by atoms with Crippen LogP contribution in [-0.2, 0) is 14.3 Å². The van der Waals surface area contributed by atoms with Crippen LogP contribution in [0.4, 0.5) is 0 Å². The summed E-state index contributed by atoms with van der Waals surface area (Å²) in [6, 6.07) is 9.75. The molecule has 0 bridgehead atoms. The highest BCUT2D eigenvalue weighted by Crippen LogP contribution is 2.39. The summed E-state index contributed by atoms with van der Waals surface area (Å²) in [5.41, 5.74) is 1.05. The van der Waals surface area contributed by atoms with Crippen LogP contribution in [0.5, 0.6) is 0 Å². The SMILES string of the molecule is CC1C(=O)OC(=O)C1C(CCCCO)c1ccccc1. The van der Waals surface area contributed by atoms with E-state index < -0.39 is 23.8 Å². The third-order valence-corrected chi connectivity index (χ3v) is 3.97. The Morgan fingerprint density at radius 2 is 1.85 bits per heavy atom. The van der Waals surface area contributed by atoms with E-state index in [2.05, 4.69) is 0 Å². The molecule has 3 unspecified atom stereocenters. The Morgan fingerprint density at radius 3 is 2.40 bits per heavy atom. The molecule has 2 rings (SSSR count). The summed E-state index contributed by atoms with van der Waals surface area (Å²) in [6.07, 6.45) is 2.29. The number of hydrogen-bond acceptors (Lipinski definition) is 4. The summed E-state index contributed by atoms with van der Waals surface area (Å²) in [5.74, 6) is -1.69. The van der Waals surface area contributed by atoms with E-state index >= 15 is 0 Å². The van der Waals surface area contributed by atoms with Crippen molar-refractivity contribution in [3.05, 3.63) is 35.9 Å². The van der Waals surface area contributed by atoms with Gasteiger partial charge < -0.3 is 9.84 Å². The minimum atomic E-state index is -0.428. The van der Waals surface area contributed by atoms with Gasteiger partial charge in [-0.15, -0.1) is 0 Å². The molecule has 1 saturated heterocycles. The normalized spacial score (nSPS) is 23.7. The lowest BCUT2D eigenvalue weighted by atomic mass is 9.77. The summed E-state index contributed by atoms with van der Waals surface area (Å²) in [5, 5.41) is 8.92. The van der Waals surface area contributed by atoms with Crippen molar-refractivity contribution in [1.29, 1.82) is 0 Å². The maximum atomic E-state index is 12.0. The van der Waals surface area contributed by atoms with Gasteiger partial charge in [-0.1, -0.05) is 43.7 Å². The van der Waals surface area contributed by atoms with Gasteiger partial charge in [0.15, 0.2) is 0 Å². The molecule has 0 saturated carbocycles. The molecule has 3 atom stereocenters. The van der Waals surface area contributed by atoms with E-state index in [0.717, 1.165) is 18.4 Å². The van der Waals surface area contributed by atoms with Gasteiger partial charge in [0.1, 0.15) is 0 Å². The number of esters is 2. The van der Waals surface area contributed by atoms with E-state index in [-0.39, 0.29) is 12.5 Å². The topological polar surface area (TPSA) is 63.6 Å². The first kappa shape index (κ1) is 14.7. The van der Waals surface area contributed by atoms with Gasteiger partial charge in [0, 0.05) is 6.61 Å². The van der Waals surface area contributed by atoms with Crippen molar-refractivity contribution >= 4 is 11.9 Å². The van der Waals surface area contributed by atoms with Gasteiger partial charge >= 0.3 is 11.9 Å². The van der Waals surface area contributed by atoms with E-state index in [1.54, 1.807) is 6.92 Å². The van der Waals surface area contributed by atoms with Crippen LogP contribution >= 0.6 is 0 Å². The molecule has 1 aromatic carbocycles. The molecule has 20 heavy (non-hydrogen) atoms. The Hall–Kier alpha value is -1.68. The maximum Gasteiger partial charge on any atom is 0.318 e. The minimum absolute atomic E-state index is 0.0308. The fraction of sp³-hybridized carbons (Fsp3) is 0.500. The number of cyclic esters (lactones) is 2. The molecule has 108 valence electrons. The highest BCUT2D eigenvalue weighted by Gasteiger charge is 2.45. The molecule has 0 radical (unpaired) electrons. The Morgan fingerprint density at radius 1 is 1.15 bits per heavy atom. The zero-order chi connectivity index (χ0) is 14.5. The number of aliphatic hydroxyl groups excluding tert-OH is 1. The van der Waals surface area contributed by atoms with Gasteiger partial charge in [-0.25, -0.2) is 0 Å². The van der Waals surface area contributed by atoms with Gasteiger partial charge in [-0.05, 0) is 24.3 Å². The quantitative estimate of drug-likeness (QED) is 0.492. The van der Waals surface area contributed by atoms with Crippen LogP contribution in [0.25, 0.3) is 0 Å². The van der Waals surface area contributed by atoms with Crippen LogP contribution in [-0.4, -0.2) is 23.7 Å². The van der Waals surface area contributed by atoms with E-state index in [1.165, 1.54) is 0 Å². The summed E-state index contributed by atoms with van der Waals surface area (Å²) in [7, 11) is 0. The van der Waals surface area contributed by atoms with Crippen LogP contribution in [0.1, 0.15) is 37.7 Å². The summed E-state index contributed by atoms with van der Waals surface area (Å²) < 4.78 is 4.77. The molecule has 4 nitrogen and oxygen atoms in total. The van der Waals surface area contributed by atoms with E-state index in [1.807, 2.05) is 30.3 Å². The van der Waals surface area contributed by atoms with Crippen LogP contribution in [0.15, 0.2) is 30.3 Å². The van der Waals surface area contributed by atoms with Crippen LogP contribution < -0.4 is 0 Å². The number of hydrogen-bond donors (Lipinski definition) is 1. The number of carbonyl (C=O) groups is 2. The molecule has 0 spiro atoms. The Bertz CT molecular complexity index is 469. The van der Waals surface area contributed by atoms with Crippen molar-refractivity contribution in [2.24, 2.45) is 11.8 Å². The molecule has 4 heteroatoms. The first-order valence-corrected chi connectivity index (χ1v) is 7.06. The molecule has 1 fully saturated rings. The fourth-order valence-electron chi connectivity index (χ4n) is 2.85. The molecule has 1 heterocycles. The summed E-state index contributed by atoms with van der Waals surface area (Å²) in [4.78, 5) is 23.5. The molecule has 0 aliphatic carbocycles. The number of aliphatic hydroxyl groups is 1. The summed E-state index contributed by atoms with van der Waals surface area (Å²) in [6.45, 7) is 1.89. The van der Waals surface area contributed by atoms with Gasteiger partial charge in [0.05, 0.1) is 11.8 Å². The highest BCUT2D eigenvalue weighted by atomic mass is 16.6. The molecular weight excluding hydrogens is 256 g/mol. The van der Waals surface area contributed by atoms with E-state index in [0.29, 0.717) is 6.42 Å². The molecule has 1 aromatic rings. The van der Waals surface area contributed by atoms with Gasteiger partial charge in [-0.3, -0.25) is 9.59 Å². The monoisotopic (exact) mass is 276 g/mol. The number of unbranched alkanes of at least 4 members (excludes halogenated alkanes) is 1. The number of carbonyl (C=O) groups excluding carboxylic acids is 2. The molecular formula is C16H20O4. The Balaban J connectivity index is 2.22. The van der Waals surface area contributed by atoms with E-state index in [9.17, 15) is 9.59 Å². The first-order valence-electron chi connectivity index (χ1n) is 7.06. The smallest absolute Gasteiger partial charge is 0.318 e. The third-order valence-electron chi connectivity index (χ3n) is 3.97. The zero-order valence-electron chi connectivity index (χ0n) is 11.6. The predicted octanol–water partition coefficient (Wildman–Crippen LogP) is 2.27. The lowest BCUT2D eigenvalue weighted by molar-refractivity contribution is -0.153. The van der Waals surface area contributed by atoms with Gasteiger partial charge in [0.2, 0.25) is 0 Å². The second-order valence-corrected chi connectivity index (χ2v) is 5.29. The van der Waals surface area contributed by atoms with Crippen molar-refractivity contribution in [1.82, 2.24) is 0 Å². The standard InChI is InChI=1S/C16H20O4/c1-11-14(16(19)20-15(11)18)13(9-5-6-10-17)12-7-3-2-4-8-12/h2-4,7-8,11,13-14,17H,5-6,9-10H2,1H3. The number of ether oxygens (including phenoxy) is 1. The van der Waals surface area contributed by atoms with Crippen LogP contribution in [0.2, 0.25) is 0 Å². The Kier molecular flexibility index (Phi) is 4.90. The largest absolute Gasteiger partial charge is 0.396 e. The zero-order valence-corrected chi connectivity index (χ0v) is 11.6. The minimum Gasteiger partial charge on any atom is -0.396 e. The van der Waals surface area contributed by atoms with Crippen LogP contribution in [0.3, 0.4) is 0 Å². The number of benzene rings is 1. The lowest BCUT2D eigenvalue weighted by Crippen LogP contribution is -2.23. The Labute approximate surface area is 118 Å². The molecule has 0 amide bonds. The maximum absolute atomic E-state index is 12.0. The van der Waals surface area contributed by atoms with Crippen molar-refractivity contribution in [3.63, 3.8) is 0 Å². The average molecular weight is 276 g/mol. The average Bonchev–Trinajstić information content (AvgIpc) is 2.70. The van der Waals surface area contributed by atoms with Gasteiger partial charge in [0.25, 0.3) is 0 Å². The second-order valence-electron chi connectivity index (χ2n) is 5.29. The first-order chi connectivity index (χ1) is 9.65. The fourth-order valence-corrected chi connectivity index (χ4v) is 2.85. The molecule has 1 N–H and O–H groups in total.